The number of carbonyl (C=O) groups is 2. The van der Waals surface area contributed by atoms with Gasteiger partial charge in [-0.3, -0.25) is 0 Å². The number of hydrogen-bond donors (Lipinski definition) is 1. The summed E-state index contributed by atoms with van der Waals surface area (Å²) in [5, 5.41) is 2.68. The van der Waals surface area contributed by atoms with Crippen molar-refractivity contribution in [3.8, 4) is 0 Å². The highest BCUT2D eigenvalue weighted by Crippen LogP contribution is 2.10. The van der Waals surface area contributed by atoms with Crippen molar-refractivity contribution in [1.82, 2.24) is 10.2 Å². The van der Waals surface area contributed by atoms with Gasteiger partial charge in [-0.1, -0.05) is 6.92 Å². The van der Waals surface area contributed by atoms with E-state index in [2.05, 4.69) is 5.32 Å². The maximum Gasteiger partial charge on any atom is 0.410 e. The first-order valence-electron chi connectivity index (χ1n) is 7.89. The van der Waals surface area contributed by atoms with E-state index in [9.17, 15) is 9.59 Å². The molecule has 0 spiro atoms. The van der Waals surface area contributed by atoms with E-state index in [1.165, 1.54) is 0 Å². The van der Waals surface area contributed by atoms with Crippen LogP contribution >= 0.6 is 0 Å². The monoisotopic (exact) mass is 316 g/mol. The topological polar surface area (TPSA) is 67.9 Å². The van der Waals surface area contributed by atoms with Gasteiger partial charge in [0.2, 0.25) is 0 Å². The van der Waals surface area contributed by atoms with Crippen LogP contribution in [0.3, 0.4) is 0 Å². The molecule has 0 fully saturated rings. The van der Waals surface area contributed by atoms with Crippen LogP contribution in [0, 0.1) is 0 Å². The minimum absolute atomic E-state index is 0.313. The second kappa shape index (κ2) is 8.86. The van der Waals surface area contributed by atoms with E-state index in [0.717, 1.165) is 6.42 Å². The predicted molar refractivity (Wildman–Crippen MR) is 87.0 cm³/mol. The lowest BCUT2D eigenvalue weighted by molar-refractivity contribution is 0.0248. The van der Waals surface area contributed by atoms with E-state index in [-0.39, 0.29) is 6.09 Å². The number of ether oxygens (including phenoxy) is 2. The van der Waals surface area contributed by atoms with Gasteiger partial charge in [0, 0.05) is 19.6 Å². The molecule has 0 aromatic heterocycles. The molecule has 0 rings (SSSR count). The second-order valence-electron chi connectivity index (χ2n) is 7.25. The molecule has 0 unspecified atom stereocenters. The van der Waals surface area contributed by atoms with Gasteiger partial charge in [0.25, 0.3) is 0 Å². The summed E-state index contributed by atoms with van der Waals surface area (Å²) in [4.78, 5) is 25.2. The minimum atomic E-state index is -0.505. The molecule has 0 aliphatic carbocycles. The van der Waals surface area contributed by atoms with Crippen molar-refractivity contribution in [2.45, 2.75) is 72.5 Å². The zero-order valence-corrected chi connectivity index (χ0v) is 15.1. The molecule has 0 saturated heterocycles. The highest BCUT2D eigenvalue weighted by atomic mass is 16.6. The largest absolute Gasteiger partial charge is 0.444 e. The fraction of sp³-hybridized carbons (Fsp3) is 0.875. The van der Waals surface area contributed by atoms with E-state index in [1.807, 2.05) is 48.5 Å². The highest BCUT2D eigenvalue weighted by molar-refractivity contribution is 5.68. The first-order chi connectivity index (χ1) is 9.94. The molecule has 0 heterocycles. The summed E-state index contributed by atoms with van der Waals surface area (Å²) in [7, 11) is 0. The van der Waals surface area contributed by atoms with Gasteiger partial charge in [0.05, 0.1) is 0 Å². The highest BCUT2D eigenvalue weighted by Gasteiger charge is 2.21. The van der Waals surface area contributed by atoms with E-state index in [4.69, 9.17) is 9.47 Å². The maximum atomic E-state index is 12.1. The Bertz CT molecular complexity index is 356. The number of rotatable bonds is 6. The second-order valence-corrected chi connectivity index (χ2v) is 7.25. The van der Waals surface area contributed by atoms with Crippen LogP contribution in [0.4, 0.5) is 9.59 Å². The van der Waals surface area contributed by atoms with E-state index < -0.39 is 17.3 Å². The Balaban J connectivity index is 4.16. The van der Waals surface area contributed by atoms with Crippen molar-refractivity contribution in [2.24, 2.45) is 0 Å². The predicted octanol–water partition coefficient (Wildman–Crippen LogP) is 3.55. The average molecular weight is 316 g/mol. The molecule has 0 aromatic carbocycles. The smallest absolute Gasteiger partial charge is 0.410 e. The Labute approximate surface area is 134 Å². The van der Waals surface area contributed by atoms with Crippen molar-refractivity contribution in [3.63, 3.8) is 0 Å². The zero-order valence-electron chi connectivity index (χ0n) is 15.1. The van der Waals surface area contributed by atoms with Gasteiger partial charge in [0.1, 0.15) is 11.2 Å². The fourth-order valence-electron chi connectivity index (χ4n) is 1.67. The molecule has 22 heavy (non-hydrogen) atoms. The summed E-state index contributed by atoms with van der Waals surface area (Å²) in [6.07, 6.45) is 0.760. The number of carbonyl (C=O) groups excluding carboxylic acids is 2. The molecule has 0 aliphatic rings. The van der Waals surface area contributed by atoms with Crippen molar-refractivity contribution < 1.29 is 19.1 Å². The van der Waals surface area contributed by atoms with Gasteiger partial charge >= 0.3 is 12.2 Å². The van der Waals surface area contributed by atoms with Gasteiger partial charge in [-0.05, 0) is 54.4 Å². The van der Waals surface area contributed by atoms with Crippen LogP contribution in [0.5, 0.6) is 0 Å². The number of amides is 2. The van der Waals surface area contributed by atoms with Crippen molar-refractivity contribution in [2.75, 3.05) is 19.6 Å². The first-order valence-corrected chi connectivity index (χ1v) is 7.89. The van der Waals surface area contributed by atoms with Crippen LogP contribution in [-0.4, -0.2) is 47.9 Å². The molecule has 0 saturated carbocycles. The van der Waals surface area contributed by atoms with E-state index in [0.29, 0.717) is 26.1 Å². The molecule has 6 nitrogen and oxygen atoms in total. The summed E-state index contributed by atoms with van der Waals surface area (Å²) in [6.45, 7) is 14.6. The van der Waals surface area contributed by atoms with Crippen molar-refractivity contribution >= 4 is 12.2 Å². The van der Waals surface area contributed by atoms with E-state index in [1.54, 1.807) is 4.90 Å². The Kier molecular flexibility index (Phi) is 8.27. The molecule has 0 aliphatic heterocycles. The number of hydrogen-bond acceptors (Lipinski definition) is 4. The zero-order chi connectivity index (χ0) is 17.4. The number of nitrogens with one attached hydrogen (secondary N) is 1. The van der Waals surface area contributed by atoms with Crippen molar-refractivity contribution in [3.05, 3.63) is 0 Å². The van der Waals surface area contributed by atoms with E-state index >= 15 is 0 Å². The Morgan fingerprint density at radius 3 is 1.95 bits per heavy atom. The average Bonchev–Trinajstić information content (AvgIpc) is 2.28. The van der Waals surface area contributed by atoms with Gasteiger partial charge in [0.15, 0.2) is 0 Å². The molecular formula is C16H32N2O4. The van der Waals surface area contributed by atoms with Crippen LogP contribution in [0.25, 0.3) is 0 Å². The molecule has 0 bridgehead atoms. The molecule has 6 heteroatoms. The molecule has 1 N–H and O–H groups in total. The van der Waals surface area contributed by atoms with Gasteiger partial charge in [-0.2, -0.15) is 0 Å². The lowest BCUT2D eigenvalue weighted by Crippen LogP contribution is -2.39. The summed E-state index contributed by atoms with van der Waals surface area (Å²) in [6, 6.07) is 0. The molecule has 0 atom stereocenters. The molecule has 130 valence electrons. The first kappa shape index (κ1) is 20.5. The SMILES string of the molecule is CCCN(CCCNC(=O)OC(C)(C)C)C(=O)OC(C)(C)C. The van der Waals surface area contributed by atoms with Crippen LogP contribution in [0.15, 0.2) is 0 Å². The molecule has 0 radical (unpaired) electrons. The van der Waals surface area contributed by atoms with Gasteiger partial charge in [-0.25, -0.2) is 9.59 Å². The third-order valence-electron chi connectivity index (χ3n) is 2.42. The summed E-state index contributed by atoms with van der Waals surface area (Å²) >= 11 is 0. The third-order valence-corrected chi connectivity index (χ3v) is 2.42. The third kappa shape index (κ3) is 11.2. The maximum absolute atomic E-state index is 12.1. The lowest BCUT2D eigenvalue weighted by atomic mass is 10.2. The quantitative estimate of drug-likeness (QED) is 0.761. The molecule has 0 aromatic rings. The normalized spacial score (nSPS) is 11.8. The van der Waals surface area contributed by atoms with Gasteiger partial charge < -0.3 is 19.7 Å². The van der Waals surface area contributed by atoms with Crippen LogP contribution in [0.2, 0.25) is 0 Å². The van der Waals surface area contributed by atoms with Crippen LogP contribution in [0.1, 0.15) is 61.3 Å². The summed E-state index contributed by atoms with van der Waals surface area (Å²) in [5.41, 5.74) is -1.01. The standard InChI is InChI=1S/C16H32N2O4/c1-8-11-18(14(20)22-16(5,6)7)12-9-10-17-13(19)21-15(2,3)4/h8-12H2,1-7H3,(H,17,19). The number of nitrogens with zero attached hydrogens (tertiary/aromatic N) is 1. The summed E-state index contributed by atoms with van der Waals surface area (Å²) in [5.74, 6) is 0. The van der Waals surface area contributed by atoms with Crippen molar-refractivity contribution in [1.29, 1.82) is 0 Å². The fourth-order valence-corrected chi connectivity index (χ4v) is 1.67. The summed E-state index contributed by atoms with van der Waals surface area (Å²) < 4.78 is 10.5. The van der Waals surface area contributed by atoms with Crippen LogP contribution in [-0.2, 0) is 9.47 Å². The lowest BCUT2D eigenvalue weighted by Gasteiger charge is -2.27. The molecule has 2 amide bonds. The Hall–Kier alpha value is -1.46. The Morgan fingerprint density at radius 1 is 0.955 bits per heavy atom. The van der Waals surface area contributed by atoms with Gasteiger partial charge in [-0.15, -0.1) is 0 Å². The van der Waals surface area contributed by atoms with Crippen LogP contribution < -0.4 is 5.32 Å². The minimum Gasteiger partial charge on any atom is -0.444 e. The Morgan fingerprint density at radius 2 is 1.50 bits per heavy atom. The number of alkyl carbamates (subject to hydrolysis) is 1. The molecular weight excluding hydrogens is 284 g/mol.